The van der Waals surface area contributed by atoms with Crippen LogP contribution in [0.1, 0.15) is 25.3 Å². The van der Waals surface area contributed by atoms with E-state index < -0.39 is 9.84 Å². The zero-order valence-electron chi connectivity index (χ0n) is 11.3. The van der Waals surface area contributed by atoms with Gasteiger partial charge in [0.1, 0.15) is 5.78 Å². The maximum Gasteiger partial charge on any atom is 0.175 e. The number of carbonyl (C=O) groups is 1. The van der Waals surface area contributed by atoms with Crippen molar-refractivity contribution < 1.29 is 13.2 Å². The lowest BCUT2D eigenvalue weighted by Gasteiger charge is -2.32. The van der Waals surface area contributed by atoms with Crippen molar-refractivity contribution >= 4 is 15.6 Å². The van der Waals surface area contributed by atoms with Gasteiger partial charge in [-0.25, -0.2) is 8.42 Å². The van der Waals surface area contributed by atoms with E-state index in [1.807, 2.05) is 12.1 Å². The van der Waals surface area contributed by atoms with E-state index in [2.05, 4.69) is 11.8 Å². The quantitative estimate of drug-likeness (QED) is 0.845. The molecule has 1 aromatic rings. The van der Waals surface area contributed by atoms with Gasteiger partial charge in [-0.2, -0.15) is 0 Å². The van der Waals surface area contributed by atoms with Gasteiger partial charge in [-0.1, -0.05) is 12.1 Å². The minimum Gasteiger partial charge on any atom is -0.300 e. The van der Waals surface area contributed by atoms with Gasteiger partial charge < -0.3 is 0 Å². The monoisotopic (exact) mass is 281 g/mol. The van der Waals surface area contributed by atoms with Crippen LogP contribution in [0.4, 0.5) is 0 Å². The Labute approximate surface area is 114 Å². The molecule has 5 heteroatoms. The van der Waals surface area contributed by atoms with Gasteiger partial charge in [0.2, 0.25) is 0 Å². The zero-order chi connectivity index (χ0) is 14.0. The molecule has 0 N–H and O–H groups in total. The molecule has 1 saturated heterocycles. The highest BCUT2D eigenvalue weighted by molar-refractivity contribution is 7.90. The highest BCUT2D eigenvalue weighted by Crippen LogP contribution is 2.18. The van der Waals surface area contributed by atoms with Crippen LogP contribution in [0.25, 0.3) is 0 Å². The van der Waals surface area contributed by atoms with Crippen molar-refractivity contribution in [2.45, 2.75) is 37.2 Å². The third-order valence-electron chi connectivity index (χ3n) is 3.56. The van der Waals surface area contributed by atoms with Crippen LogP contribution in [0.5, 0.6) is 0 Å². The van der Waals surface area contributed by atoms with Gasteiger partial charge in [0, 0.05) is 38.2 Å². The Bertz CT molecular complexity index is 563. The van der Waals surface area contributed by atoms with Crippen LogP contribution in [0.2, 0.25) is 0 Å². The van der Waals surface area contributed by atoms with Crippen LogP contribution >= 0.6 is 0 Å². The predicted octanol–water partition coefficient (Wildman–Crippen LogP) is 1.64. The fraction of sp³-hybridized carbons (Fsp3) is 0.500. The first-order chi connectivity index (χ1) is 8.86. The number of Topliss-reactive ketones (excluding diaryl/α,β-unsaturated/α-hetero) is 1. The molecule has 0 aliphatic carbocycles. The number of sulfone groups is 1. The molecule has 1 heterocycles. The van der Waals surface area contributed by atoms with Crippen LogP contribution < -0.4 is 0 Å². The van der Waals surface area contributed by atoms with Crippen molar-refractivity contribution in [3.05, 3.63) is 29.8 Å². The van der Waals surface area contributed by atoms with Crippen LogP contribution in [0, 0.1) is 0 Å². The van der Waals surface area contributed by atoms with Crippen molar-refractivity contribution in [2.75, 3.05) is 12.8 Å². The van der Waals surface area contributed by atoms with Gasteiger partial charge in [-0.3, -0.25) is 9.69 Å². The molecule has 0 bridgehead atoms. The number of likely N-dealkylation sites (tertiary alicyclic amines) is 1. The third kappa shape index (κ3) is 3.64. The maximum absolute atomic E-state index is 11.4. The number of carbonyl (C=O) groups excluding carboxylic acids is 1. The normalized spacial score (nSPS) is 21.6. The number of nitrogens with zero attached hydrogens (tertiary/aromatic N) is 1. The molecule has 0 spiro atoms. The zero-order valence-corrected chi connectivity index (χ0v) is 12.1. The summed E-state index contributed by atoms with van der Waals surface area (Å²) in [6, 6.07) is 7.24. The van der Waals surface area contributed by atoms with E-state index in [9.17, 15) is 13.2 Å². The molecule has 0 aromatic heterocycles. The molecule has 1 unspecified atom stereocenters. The van der Waals surface area contributed by atoms with Gasteiger partial charge in [0.15, 0.2) is 9.84 Å². The average Bonchev–Trinajstić information content (AvgIpc) is 2.32. The molecular weight excluding hydrogens is 262 g/mol. The third-order valence-corrected chi connectivity index (χ3v) is 4.69. The van der Waals surface area contributed by atoms with Gasteiger partial charge in [-0.05, 0) is 24.6 Å². The Morgan fingerprint density at radius 2 is 1.89 bits per heavy atom. The van der Waals surface area contributed by atoms with Gasteiger partial charge in [0.25, 0.3) is 0 Å². The summed E-state index contributed by atoms with van der Waals surface area (Å²) in [6.45, 7) is 3.61. The summed E-state index contributed by atoms with van der Waals surface area (Å²) < 4.78 is 22.7. The Morgan fingerprint density at radius 3 is 2.42 bits per heavy atom. The molecule has 0 amide bonds. The molecule has 0 radical (unpaired) electrons. The van der Waals surface area contributed by atoms with E-state index in [1.54, 1.807) is 12.1 Å². The number of piperidine rings is 1. The topological polar surface area (TPSA) is 54.5 Å². The smallest absolute Gasteiger partial charge is 0.175 e. The lowest BCUT2D eigenvalue weighted by atomic mass is 10.0. The minimum absolute atomic E-state index is 0.260. The van der Waals surface area contributed by atoms with Crippen LogP contribution in [0.3, 0.4) is 0 Å². The first kappa shape index (κ1) is 14.2. The Morgan fingerprint density at radius 1 is 1.26 bits per heavy atom. The molecule has 1 fully saturated rings. The van der Waals surface area contributed by atoms with Gasteiger partial charge in [0.05, 0.1) is 4.90 Å². The molecule has 1 aliphatic rings. The lowest BCUT2D eigenvalue weighted by Crippen LogP contribution is -2.40. The first-order valence-corrected chi connectivity index (χ1v) is 8.30. The Hall–Kier alpha value is -1.20. The van der Waals surface area contributed by atoms with E-state index in [4.69, 9.17) is 0 Å². The first-order valence-electron chi connectivity index (χ1n) is 6.41. The van der Waals surface area contributed by atoms with Crippen molar-refractivity contribution in [1.82, 2.24) is 4.90 Å². The number of rotatable bonds is 3. The maximum atomic E-state index is 11.4. The number of hydrogen-bond donors (Lipinski definition) is 0. The minimum atomic E-state index is -3.13. The summed E-state index contributed by atoms with van der Waals surface area (Å²) in [7, 11) is -3.13. The average molecular weight is 281 g/mol. The number of ketones is 1. The highest BCUT2D eigenvalue weighted by Gasteiger charge is 2.23. The van der Waals surface area contributed by atoms with E-state index in [-0.39, 0.29) is 6.04 Å². The predicted molar refractivity (Wildman–Crippen MR) is 73.7 cm³/mol. The van der Waals surface area contributed by atoms with Crippen molar-refractivity contribution in [1.29, 1.82) is 0 Å². The van der Waals surface area contributed by atoms with Gasteiger partial charge >= 0.3 is 0 Å². The number of hydrogen-bond acceptors (Lipinski definition) is 4. The summed E-state index contributed by atoms with van der Waals surface area (Å²) in [5.41, 5.74) is 1.08. The summed E-state index contributed by atoms with van der Waals surface area (Å²) in [5.74, 6) is 0.330. The van der Waals surface area contributed by atoms with E-state index in [1.165, 1.54) is 6.26 Å². The molecule has 1 aliphatic heterocycles. The van der Waals surface area contributed by atoms with Crippen molar-refractivity contribution in [2.24, 2.45) is 0 Å². The Balaban J connectivity index is 2.06. The fourth-order valence-corrected chi connectivity index (χ4v) is 2.99. The van der Waals surface area contributed by atoms with Crippen molar-refractivity contribution in [3.8, 4) is 0 Å². The lowest BCUT2D eigenvalue weighted by molar-refractivity contribution is -0.123. The van der Waals surface area contributed by atoms with Crippen LogP contribution in [-0.2, 0) is 21.2 Å². The molecule has 0 saturated carbocycles. The summed E-state index contributed by atoms with van der Waals surface area (Å²) in [5, 5.41) is 0. The SMILES string of the molecule is CC1CC(=O)CCN1Cc1ccc(S(C)(=O)=O)cc1. The summed E-state index contributed by atoms with van der Waals surface area (Å²) >= 11 is 0. The van der Waals surface area contributed by atoms with E-state index in [0.29, 0.717) is 23.5 Å². The molecule has 19 heavy (non-hydrogen) atoms. The molecule has 2 rings (SSSR count). The van der Waals surface area contributed by atoms with E-state index in [0.717, 1.165) is 18.7 Å². The summed E-state index contributed by atoms with van der Waals surface area (Å²) in [4.78, 5) is 13.9. The molecule has 1 aromatic carbocycles. The molecule has 104 valence electrons. The largest absolute Gasteiger partial charge is 0.300 e. The molecule has 4 nitrogen and oxygen atoms in total. The number of benzene rings is 1. The van der Waals surface area contributed by atoms with E-state index >= 15 is 0 Å². The molecule has 1 atom stereocenters. The Kier molecular flexibility index (Phi) is 4.06. The van der Waals surface area contributed by atoms with Crippen LogP contribution in [0.15, 0.2) is 29.2 Å². The fourth-order valence-electron chi connectivity index (χ4n) is 2.36. The van der Waals surface area contributed by atoms with Crippen LogP contribution in [-0.4, -0.2) is 37.9 Å². The standard InChI is InChI=1S/C14H19NO3S/c1-11-9-13(16)7-8-15(11)10-12-3-5-14(6-4-12)19(2,17)18/h3-6,11H,7-10H2,1-2H3. The second kappa shape index (κ2) is 5.43. The summed E-state index contributed by atoms with van der Waals surface area (Å²) in [6.07, 6.45) is 2.44. The highest BCUT2D eigenvalue weighted by atomic mass is 32.2. The second-order valence-corrected chi connectivity index (χ2v) is 7.24. The van der Waals surface area contributed by atoms with Crippen molar-refractivity contribution in [3.63, 3.8) is 0 Å². The second-order valence-electron chi connectivity index (χ2n) is 5.23. The molecular formula is C14H19NO3S. The van der Waals surface area contributed by atoms with Gasteiger partial charge in [-0.15, -0.1) is 0 Å².